The van der Waals surface area contributed by atoms with E-state index in [0.717, 1.165) is 6.20 Å². The lowest BCUT2D eigenvalue weighted by Crippen LogP contribution is -2.36. The van der Waals surface area contributed by atoms with Gasteiger partial charge in [0, 0.05) is 19.4 Å². The SMILES string of the molecule is COCC(C)(C)Nc1nc(Nc2cc[c]c3c2OCCO3)nc2[nH]cc(C(F)(F)F)c12. The number of halogens is 3. The van der Waals surface area contributed by atoms with Crippen LogP contribution in [0.15, 0.2) is 18.3 Å². The molecule has 0 bridgehead atoms. The van der Waals surface area contributed by atoms with Gasteiger partial charge in [0.25, 0.3) is 0 Å². The third-order valence-corrected chi connectivity index (χ3v) is 4.54. The van der Waals surface area contributed by atoms with Crippen LogP contribution in [0.3, 0.4) is 0 Å². The van der Waals surface area contributed by atoms with Crippen LogP contribution in [0, 0.1) is 6.07 Å². The smallest absolute Gasteiger partial charge is 0.418 e. The van der Waals surface area contributed by atoms with Gasteiger partial charge in [0.2, 0.25) is 5.95 Å². The molecule has 3 aromatic rings. The fourth-order valence-corrected chi connectivity index (χ4v) is 3.34. The number of H-pyrrole nitrogens is 1. The van der Waals surface area contributed by atoms with Crippen molar-refractivity contribution in [1.29, 1.82) is 0 Å². The maximum Gasteiger partial charge on any atom is 0.418 e. The number of alkyl halides is 3. The highest BCUT2D eigenvalue weighted by Crippen LogP contribution is 2.40. The van der Waals surface area contributed by atoms with E-state index in [0.29, 0.717) is 30.4 Å². The Morgan fingerprint density at radius 1 is 1.23 bits per heavy atom. The molecule has 1 aromatic carbocycles. The number of hydrogen-bond acceptors (Lipinski definition) is 7. The summed E-state index contributed by atoms with van der Waals surface area (Å²) in [6, 6.07) is 6.27. The van der Waals surface area contributed by atoms with Crippen LogP contribution < -0.4 is 20.1 Å². The lowest BCUT2D eigenvalue weighted by Gasteiger charge is -2.27. The molecular formula is C20H21F3N5O3. The minimum Gasteiger partial charge on any atom is -0.485 e. The first kappa shape index (κ1) is 21.0. The average Bonchev–Trinajstić information content (AvgIpc) is 3.13. The molecule has 11 heteroatoms. The Bertz CT molecular complexity index is 1100. The lowest BCUT2D eigenvalue weighted by molar-refractivity contribution is -0.136. The molecule has 0 atom stereocenters. The van der Waals surface area contributed by atoms with Gasteiger partial charge in [-0.25, -0.2) is 0 Å². The number of methoxy groups -OCH3 is 1. The quantitative estimate of drug-likeness (QED) is 0.535. The molecule has 0 saturated heterocycles. The van der Waals surface area contributed by atoms with E-state index >= 15 is 0 Å². The molecule has 1 aliphatic heterocycles. The monoisotopic (exact) mass is 436 g/mol. The van der Waals surface area contributed by atoms with Crippen LogP contribution >= 0.6 is 0 Å². The second-order valence-electron chi connectivity index (χ2n) is 7.63. The third kappa shape index (κ3) is 4.31. The van der Waals surface area contributed by atoms with Gasteiger partial charge >= 0.3 is 6.18 Å². The van der Waals surface area contributed by atoms with Crippen LogP contribution in [0.4, 0.5) is 30.6 Å². The van der Waals surface area contributed by atoms with E-state index in [4.69, 9.17) is 14.2 Å². The summed E-state index contributed by atoms with van der Waals surface area (Å²) < 4.78 is 57.0. The zero-order valence-electron chi connectivity index (χ0n) is 17.1. The van der Waals surface area contributed by atoms with Gasteiger partial charge in [-0.3, -0.25) is 0 Å². The zero-order valence-corrected chi connectivity index (χ0v) is 17.1. The first-order chi connectivity index (χ1) is 14.7. The molecule has 4 rings (SSSR count). The van der Waals surface area contributed by atoms with Crippen LogP contribution in [0.2, 0.25) is 0 Å². The minimum absolute atomic E-state index is 0.0247. The molecule has 8 nitrogen and oxygen atoms in total. The van der Waals surface area contributed by atoms with E-state index in [9.17, 15) is 13.2 Å². The molecule has 0 saturated carbocycles. The van der Waals surface area contributed by atoms with Crippen molar-refractivity contribution in [2.45, 2.75) is 25.6 Å². The average molecular weight is 436 g/mol. The van der Waals surface area contributed by atoms with Gasteiger partial charge in [-0.1, -0.05) is 0 Å². The first-order valence-electron chi connectivity index (χ1n) is 9.49. The molecule has 0 spiro atoms. The van der Waals surface area contributed by atoms with E-state index in [1.807, 2.05) is 0 Å². The number of fused-ring (bicyclic) bond motifs is 2. The van der Waals surface area contributed by atoms with Crippen molar-refractivity contribution in [3.05, 3.63) is 30.0 Å². The fraction of sp³-hybridized carbons (Fsp3) is 0.400. The molecule has 3 heterocycles. The maximum absolute atomic E-state index is 13.6. The summed E-state index contributed by atoms with van der Waals surface area (Å²) in [6.45, 7) is 4.61. The highest BCUT2D eigenvalue weighted by Gasteiger charge is 2.36. The molecule has 31 heavy (non-hydrogen) atoms. The number of hydrogen-bond donors (Lipinski definition) is 3. The zero-order chi connectivity index (χ0) is 22.2. The Morgan fingerprint density at radius 2 is 2.00 bits per heavy atom. The topological polar surface area (TPSA) is 93.3 Å². The molecule has 0 aliphatic carbocycles. The van der Waals surface area contributed by atoms with Crippen LogP contribution in [-0.4, -0.2) is 47.4 Å². The molecule has 0 amide bonds. The van der Waals surface area contributed by atoms with Crippen LogP contribution in [0.25, 0.3) is 11.0 Å². The summed E-state index contributed by atoms with van der Waals surface area (Å²) >= 11 is 0. The summed E-state index contributed by atoms with van der Waals surface area (Å²) in [4.78, 5) is 11.2. The third-order valence-electron chi connectivity index (χ3n) is 4.54. The Kier molecular flexibility index (Phi) is 5.29. The van der Waals surface area contributed by atoms with Crippen LogP contribution in [0.1, 0.15) is 19.4 Å². The molecule has 0 fully saturated rings. The number of aromatic amines is 1. The van der Waals surface area contributed by atoms with Crippen molar-refractivity contribution in [1.82, 2.24) is 15.0 Å². The van der Waals surface area contributed by atoms with Gasteiger partial charge in [-0.2, -0.15) is 23.1 Å². The highest BCUT2D eigenvalue weighted by atomic mass is 19.4. The van der Waals surface area contributed by atoms with Gasteiger partial charge in [0.05, 0.1) is 28.8 Å². The number of ether oxygens (including phenoxy) is 3. The molecule has 165 valence electrons. The number of benzene rings is 1. The van der Waals surface area contributed by atoms with Crippen LogP contribution in [-0.2, 0) is 10.9 Å². The lowest BCUT2D eigenvalue weighted by atomic mass is 10.1. The largest absolute Gasteiger partial charge is 0.485 e. The van der Waals surface area contributed by atoms with Crippen molar-refractivity contribution in [2.24, 2.45) is 0 Å². The van der Waals surface area contributed by atoms with E-state index in [-0.39, 0.29) is 29.4 Å². The Balaban J connectivity index is 1.79. The Labute approximate surface area is 176 Å². The Hall–Kier alpha value is -3.21. The first-order valence-corrected chi connectivity index (χ1v) is 9.49. The van der Waals surface area contributed by atoms with Crippen LogP contribution in [0.5, 0.6) is 11.5 Å². The number of aromatic nitrogens is 3. The van der Waals surface area contributed by atoms with Crippen molar-refractivity contribution < 1.29 is 27.4 Å². The number of rotatable bonds is 6. The molecule has 2 aromatic heterocycles. The second kappa shape index (κ2) is 7.80. The minimum atomic E-state index is -4.57. The van der Waals surface area contributed by atoms with E-state index < -0.39 is 17.3 Å². The van der Waals surface area contributed by atoms with Gasteiger partial charge in [0.1, 0.15) is 24.7 Å². The summed E-state index contributed by atoms with van der Waals surface area (Å²) in [5.41, 5.74) is -0.995. The molecular weight excluding hydrogens is 415 g/mol. The normalized spacial score (nSPS) is 14.0. The highest BCUT2D eigenvalue weighted by molar-refractivity contribution is 5.92. The number of nitrogens with one attached hydrogen (secondary N) is 3. The van der Waals surface area contributed by atoms with E-state index in [1.165, 1.54) is 7.11 Å². The molecule has 1 radical (unpaired) electrons. The molecule has 0 unspecified atom stereocenters. The predicted molar refractivity (Wildman–Crippen MR) is 108 cm³/mol. The van der Waals surface area contributed by atoms with Gasteiger partial charge < -0.3 is 29.8 Å². The van der Waals surface area contributed by atoms with Gasteiger partial charge in [-0.15, -0.1) is 0 Å². The molecule has 3 N–H and O–H groups in total. The summed E-state index contributed by atoms with van der Waals surface area (Å²) in [5.74, 6) is 0.989. The van der Waals surface area contributed by atoms with Crippen molar-refractivity contribution in [3.63, 3.8) is 0 Å². The van der Waals surface area contributed by atoms with Crippen molar-refractivity contribution >= 4 is 28.5 Å². The second-order valence-corrected chi connectivity index (χ2v) is 7.63. The summed E-state index contributed by atoms with van der Waals surface area (Å²) in [6.07, 6.45) is -3.69. The van der Waals surface area contributed by atoms with Crippen molar-refractivity contribution in [2.75, 3.05) is 37.6 Å². The number of anilines is 3. The fourth-order valence-electron chi connectivity index (χ4n) is 3.34. The summed E-state index contributed by atoms with van der Waals surface area (Å²) in [5, 5.41) is 5.91. The number of nitrogens with zero attached hydrogens (tertiary/aromatic N) is 2. The van der Waals surface area contributed by atoms with E-state index in [2.05, 4.69) is 31.7 Å². The predicted octanol–water partition coefficient (Wildman–Crippen LogP) is 4.13. The van der Waals surface area contributed by atoms with Crippen molar-refractivity contribution in [3.8, 4) is 11.5 Å². The van der Waals surface area contributed by atoms with Gasteiger partial charge in [-0.05, 0) is 26.0 Å². The van der Waals surface area contributed by atoms with Gasteiger partial charge in [0.15, 0.2) is 11.5 Å². The Morgan fingerprint density at radius 3 is 2.74 bits per heavy atom. The van der Waals surface area contributed by atoms with E-state index in [1.54, 1.807) is 26.0 Å². The molecule has 1 aliphatic rings. The standard InChI is InChI=1S/C20H21F3N5O3/c1-19(2,10-29-3)28-17-14-11(20(21,22)23)9-24-16(14)26-18(27-17)25-12-5-4-6-13-15(12)31-8-7-30-13/h4-5,9H,7-8,10H2,1-3H3,(H3,24,25,26,27,28). The maximum atomic E-state index is 13.6. The summed E-state index contributed by atoms with van der Waals surface area (Å²) in [7, 11) is 1.51.